The second-order valence-corrected chi connectivity index (χ2v) is 2.65. The van der Waals surface area contributed by atoms with Crippen LogP contribution < -0.4 is 5.73 Å². The van der Waals surface area contributed by atoms with Crippen molar-refractivity contribution in [3.05, 3.63) is 17.7 Å². The summed E-state index contributed by atoms with van der Waals surface area (Å²) in [6.07, 6.45) is 0. The van der Waals surface area contributed by atoms with E-state index in [1.165, 1.54) is 6.07 Å². The second-order valence-electron chi connectivity index (χ2n) is 2.65. The summed E-state index contributed by atoms with van der Waals surface area (Å²) in [6.45, 7) is 1.86. The molecule has 0 aliphatic heterocycles. The molecule has 76 valence electrons. The first-order chi connectivity index (χ1) is 6.56. The average Bonchev–Trinajstić information content (AvgIpc) is 2.11. The number of phenols is 2. The van der Waals surface area contributed by atoms with E-state index in [4.69, 9.17) is 10.8 Å². The van der Waals surface area contributed by atoms with Crippen LogP contribution in [0.5, 0.6) is 11.5 Å². The van der Waals surface area contributed by atoms with Crippen molar-refractivity contribution in [2.75, 3.05) is 12.3 Å². The van der Waals surface area contributed by atoms with Gasteiger partial charge in [-0.2, -0.15) is 0 Å². The summed E-state index contributed by atoms with van der Waals surface area (Å²) < 4.78 is 4.67. The molecule has 0 atom stereocenters. The van der Waals surface area contributed by atoms with Crippen LogP contribution >= 0.6 is 0 Å². The Balaban J connectivity index is 3.09. The number of benzene rings is 1. The molecular weight excluding hydrogens is 186 g/mol. The van der Waals surface area contributed by atoms with Gasteiger partial charge < -0.3 is 20.7 Å². The van der Waals surface area contributed by atoms with Gasteiger partial charge in [0.05, 0.1) is 12.3 Å². The Kier molecular flexibility index (Phi) is 2.81. The lowest BCUT2D eigenvalue weighted by molar-refractivity contribution is 0.0523. The third-order valence-corrected chi connectivity index (χ3v) is 1.64. The van der Waals surface area contributed by atoms with E-state index in [1.54, 1.807) is 6.92 Å². The van der Waals surface area contributed by atoms with E-state index in [1.807, 2.05) is 0 Å². The van der Waals surface area contributed by atoms with Crippen molar-refractivity contribution < 1.29 is 19.7 Å². The predicted octanol–water partition coefficient (Wildman–Crippen LogP) is 0.857. The zero-order valence-corrected chi connectivity index (χ0v) is 7.65. The number of hydrogen-bond acceptors (Lipinski definition) is 5. The minimum atomic E-state index is -0.670. The highest BCUT2D eigenvalue weighted by molar-refractivity contribution is 5.94. The first kappa shape index (κ1) is 10.2. The second kappa shape index (κ2) is 3.87. The highest BCUT2D eigenvalue weighted by atomic mass is 16.5. The topological polar surface area (TPSA) is 92.8 Å². The number of aromatic hydroxyl groups is 2. The Hall–Kier alpha value is -1.91. The van der Waals surface area contributed by atoms with Crippen molar-refractivity contribution in [2.45, 2.75) is 6.92 Å². The molecule has 5 nitrogen and oxygen atoms in total. The van der Waals surface area contributed by atoms with Crippen molar-refractivity contribution in [3.8, 4) is 11.5 Å². The van der Waals surface area contributed by atoms with E-state index in [2.05, 4.69) is 4.74 Å². The lowest BCUT2D eigenvalue weighted by Crippen LogP contribution is -2.05. The average molecular weight is 197 g/mol. The number of phenolic OH excluding ortho intramolecular Hbond substituents is 2. The molecule has 0 amide bonds. The molecule has 0 saturated heterocycles. The van der Waals surface area contributed by atoms with Crippen LogP contribution in [0.1, 0.15) is 17.3 Å². The zero-order chi connectivity index (χ0) is 10.7. The van der Waals surface area contributed by atoms with Crippen LogP contribution in [0.15, 0.2) is 12.1 Å². The Morgan fingerprint density at radius 3 is 2.64 bits per heavy atom. The first-order valence-corrected chi connectivity index (χ1v) is 4.04. The number of rotatable bonds is 2. The Bertz CT molecular complexity index is 362. The molecule has 0 aromatic heterocycles. The molecular formula is C9H11NO4. The fourth-order valence-electron chi connectivity index (χ4n) is 0.966. The molecule has 1 aromatic rings. The number of hydrogen-bond donors (Lipinski definition) is 3. The zero-order valence-electron chi connectivity index (χ0n) is 7.65. The maximum Gasteiger partial charge on any atom is 0.341 e. The van der Waals surface area contributed by atoms with E-state index in [9.17, 15) is 9.90 Å². The molecule has 0 radical (unpaired) electrons. The molecule has 0 aliphatic rings. The molecule has 0 aliphatic carbocycles. The van der Waals surface area contributed by atoms with Gasteiger partial charge in [0, 0.05) is 6.07 Å². The molecule has 0 heterocycles. The number of nitrogens with two attached hydrogens (primary N) is 1. The van der Waals surface area contributed by atoms with Crippen molar-refractivity contribution in [3.63, 3.8) is 0 Å². The summed E-state index contributed by atoms with van der Waals surface area (Å²) in [7, 11) is 0. The van der Waals surface area contributed by atoms with Gasteiger partial charge in [-0.15, -0.1) is 0 Å². The van der Waals surface area contributed by atoms with Gasteiger partial charge in [0.25, 0.3) is 0 Å². The number of anilines is 1. The SMILES string of the molecule is CCOC(=O)c1cc(N)c(O)cc1O. The summed E-state index contributed by atoms with van der Waals surface area (Å²) >= 11 is 0. The van der Waals surface area contributed by atoms with Crippen LogP contribution in [-0.4, -0.2) is 22.8 Å². The van der Waals surface area contributed by atoms with Gasteiger partial charge in [0.1, 0.15) is 17.1 Å². The number of ether oxygens (including phenoxy) is 1. The summed E-state index contributed by atoms with van der Waals surface area (Å²) in [5, 5.41) is 18.4. The Labute approximate surface area is 80.7 Å². The third-order valence-electron chi connectivity index (χ3n) is 1.64. The number of carbonyl (C=O) groups excluding carboxylic acids is 1. The molecule has 0 unspecified atom stereocenters. The van der Waals surface area contributed by atoms with Crippen LogP contribution in [0.3, 0.4) is 0 Å². The van der Waals surface area contributed by atoms with Crippen LogP contribution in [0.25, 0.3) is 0 Å². The first-order valence-electron chi connectivity index (χ1n) is 4.04. The van der Waals surface area contributed by atoms with E-state index < -0.39 is 5.97 Å². The third kappa shape index (κ3) is 1.87. The van der Waals surface area contributed by atoms with Crippen LogP contribution in [0.4, 0.5) is 5.69 Å². The van der Waals surface area contributed by atoms with Crippen molar-refractivity contribution in [1.82, 2.24) is 0 Å². The lowest BCUT2D eigenvalue weighted by atomic mass is 10.1. The van der Waals surface area contributed by atoms with Crippen molar-refractivity contribution in [2.24, 2.45) is 0 Å². The summed E-state index contributed by atoms with van der Waals surface area (Å²) in [5.41, 5.74) is 5.32. The molecule has 0 bridgehead atoms. The van der Waals surface area contributed by atoms with E-state index in [-0.39, 0.29) is 29.4 Å². The maximum atomic E-state index is 11.2. The Morgan fingerprint density at radius 1 is 1.43 bits per heavy atom. The molecule has 4 N–H and O–H groups in total. The molecule has 1 aromatic carbocycles. The molecule has 14 heavy (non-hydrogen) atoms. The van der Waals surface area contributed by atoms with Gasteiger partial charge in [0.15, 0.2) is 0 Å². The minimum absolute atomic E-state index is 0.0193. The summed E-state index contributed by atoms with van der Waals surface area (Å²) in [4.78, 5) is 11.2. The number of esters is 1. The lowest BCUT2D eigenvalue weighted by Gasteiger charge is -2.06. The normalized spacial score (nSPS) is 9.79. The summed E-state index contributed by atoms with van der Waals surface area (Å²) in [5.74, 6) is -1.29. The quantitative estimate of drug-likeness (QED) is 0.283. The van der Waals surface area contributed by atoms with Gasteiger partial charge >= 0.3 is 5.97 Å². The summed E-state index contributed by atoms with van der Waals surface area (Å²) in [6, 6.07) is 2.17. The van der Waals surface area contributed by atoms with Crippen molar-refractivity contribution >= 4 is 11.7 Å². The fraction of sp³-hybridized carbons (Fsp3) is 0.222. The van der Waals surface area contributed by atoms with E-state index in [0.29, 0.717) is 0 Å². The highest BCUT2D eigenvalue weighted by Gasteiger charge is 2.14. The number of carbonyl (C=O) groups is 1. The maximum absolute atomic E-state index is 11.2. The molecule has 0 fully saturated rings. The van der Waals surface area contributed by atoms with Gasteiger partial charge in [-0.3, -0.25) is 0 Å². The molecule has 0 saturated carbocycles. The van der Waals surface area contributed by atoms with E-state index >= 15 is 0 Å². The number of nitrogen functional groups attached to an aromatic ring is 1. The highest BCUT2D eigenvalue weighted by Crippen LogP contribution is 2.29. The van der Waals surface area contributed by atoms with Crippen molar-refractivity contribution in [1.29, 1.82) is 0 Å². The van der Waals surface area contributed by atoms with Gasteiger partial charge in [0.2, 0.25) is 0 Å². The van der Waals surface area contributed by atoms with Crippen LogP contribution in [-0.2, 0) is 4.74 Å². The molecule has 1 rings (SSSR count). The monoisotopic (exact) mass is 197 g/mol. The standard InChI is InChI=1S/C9H11NO4/c1-2-14-9(13)5-3-6(10)8(12)4-7(5)11/h3-4,11-12H,2,10H2,1H3. The fourth-order valence-corrected chi connectivity index (χ4v) is 0.966. The minimum Gasteiger partial charge on any atom is -0.507 e. The molecule has 0 spiro atoms. The van der Waals surface area contributed by atoms with E-state index in [0.717, 1.165) is 6.07 Å². The van der Waals surface area contributed by atoms with Gasteiger partial charge in [-0.05, 0) is 13.0 Å². The predicted molar refractivity (Wildman–Crippen MR) is 50.1 cm³/mol. The van der Waals surface area contributed by atoms with Gasteiger partial charge in [-0.1, -0.05) is 0 Å². The van der Waals surface area contributed by atoms with Crippen LogP contribution in [0.2, 0.25) is 0 Å². The smallest absolute Gasteiger partial charge is 0.341 e. The van der Waals surface area contributed by atoms with Gasteiger partial charge in [-0.25, -0.2) is 4.79 Å². The largest absolute Gasteiger partial charge is 0.507 e. The molecule has 5 heteroatoms. The Morgan fingerprint density at radius 2 is 2.07 bits per heavy atom. The van der Waals surface area contributed by atoms with Crippen LogP contribution in [0, 0.1) is 0 Å².